The van der Waals surface area contributed by atoms with E-state index in [0.717, 1.165) is 11.3 Å². The fourth-order valence-corrected chi connectivity index (χ4v) is 2.13. The van der Waals surface area contributed by atoms with Crippen LogP contribution in [-0.2, 0) is 7.05 Å². The topological polar surface area (TPSA) is 45.5 Å². The van der Waals surface area contributed by atoms with Crippen LogP contribution in [0.15, 0.2) is 42.5 Å². The summed E-state index contributed by atoms with van der Waals surface area (Å²) < 4.78 is 1.89. The second-order valence-electron chi connectivity index (χ2n) is 4.98. The van der Waals surface area contributed by atoms with E-state index in [4.69, 9.17) is 5.11 Å². The zero-order valence-electron chi connectivity index (χ0n) is 12.1. The molecule has 2 rings (SSSR count). The van der Waals surface area contributed by atoms with Crippen LogP contribution in [-0.4, -0.2) is 40.2 Å². The van der Waals surface area contributed by atoms with Crippen molar-refractivity contribution in [3.8, 4) is 11.3 Å². The highest BCUT2D eigenvalue weighted by atomic mass is 16.3. The van der Waals surface area contributed by atoms with Gasteiger partial charge in [0.05, 0.1) is 12.6 Å². The Labute approximate surface area is 119 Å². The molecule has 0 aliphatic carbocycles. The lowest BCUT2D eigenvalue weighted by Gasteiger charge is -2.23. The van der Waals surface area contributed by atoms with Crippen LogP contribution in [0.5, 0.6) is 0 Å². The van der Waals surface area contributed by atoms with E-state index < -0.39 is 0 Å². The average molecular weight is 272 g/mol. The maximum atomic E-state index is 12.4. The first-order valence-electron chi connectivity index (χ1n) is 6.65. The number of carbonyl (C=O) groups excluding carboxylic acids is 1. The van der Waals surface area contributed by atoms with Crippen molar-refractivity contribution in [3.63, 3.8) is 0 Å². The summed E-state index contributed by atoms with van der Waals surface area (Å²) in [4.78, 5) is 14.0. The summed E-state index contributed by atoms with van der Waals surface area (Å²) >= 11 is 0. The minimum atomic E-state index is -0.197. The van der Waals surface area contributed by atoms with E-state index in [9.17, 15) is 4.79 Å². The van der Waals surface area contributed by atoms with E-state index in [2.05, 4.69) is 0 Å². The summed E-state index contributed by atoms with van der Waals surface area (Å²) in [5.41, 5.74) is 2.69. The maximum Gasteiger partial charge on any atom is 0.270 e. The summed E-state index contributed by atoms with van der Waals surface area (Å²) in [7, 11) is 3.59. The fourth-order valence-electron chi connectivity index (χ4n) is 2.13. The molecule has 2 aromatic rings. The van der Waals surface area contributed by atoms with Crippen molar-refractivity contribution in [1.29, 1.82) is 0 Å². The lowest BCUT2D eigenvalue weighted by atomic mass is 10.2. The van der Waals surface area contributed by atoms with Gasteiger partial charge in [-0.15, -0.1) is 0 Å². The maximum absolute atomic E-state index is 12.4. The SMILES string of the molecule is CC(CO)N(C)C(=O)c1ccc(-c2ccccc2)n1C. The number of hydrogen-bond donors (Lipinski definition) is 1. The number of amides is 1. The standard InChI is InChI=1S/C16H20N2O2/c1-12(11-19)17(2)16(20)15-10-9-14(18(15)3)13-7-5-4-6-8-13/h4-10,12,19H,11H2,1-3H3. The van der Waals surface area contributed by atoms with Crippen molar-refractivity contribution < 1.29 is 9.90 Å². The van der Waals surface area contributed by atoms with E-state index in [-0.39, 0.29) is 18.6 Å². The normalized spacial score (nSPS) is 12.2. The van der Waals surface area contributed by atoms with E-state index in [1.54, 1.807) is 11.9 Å². The van der Waals surface area contributed by atoms with Gasteiger partial charge in [-0.2, -0.15) is 0 Å². The van der Waals surface area contributed by atoms with E-state index >= 15 is 0 Å². The van der Waals surface area contributed by atoms with Gasteiger partial charge in [-0.1, -0.05) is 30.3 Å². The summed E-state index contributed by atoms with van der Waals surface area (Å²) in [6.07, 6.45) is 0. The minimum absolute atomic E-state index is 0.0434. The number of nitrogens with zero attached hydrogens (tertiary/aromatic N) is 2. The quantitative estimate of drug-likeness (QED) is 0.927. The molecule has 1 aromatic carbocycles. The lowest BCUT2D eigenvalue weighted by Crippen LogP contribution is -2.38. The van der Waals surface area contributed by atoms with Gasteiger partial charge in [0.15, 0.2) is 0 Å². The predicted molar refractivity (Wildman–Crippen MR) is 79.5 cm³/mol. The van der Waals surface area contributed by atoms with Crippen LogP contribution in [0.3, 0.4) is 0 Å². The molecular weight excluding hydrogens is 252 g/mol. The van der Waals surface area contributed by atoms with Crippen molar-refractivity contribution in [2.45, 2.75) is 13.0 Å². The summed E-state index contributed by atoms with van der Waals surface area (Å²) in [6, 6.07) is 13.5. The van der Waals surface area contributed by atoms with E-state index in [1.807, 2.05) is 61.0 Å². The first-order valence-corrected chi connectivity index (χ1v) is 6.65. The Bertz CT molecular complexity index is 590. The first kappa shape index (κ1) is 14.3. The molecule has 1 amide bonds. The number of aliphatic hydroxyl groups excluding tert-OH is 1. The molecule has 106 valence electrons. The Morgan fingerprint density at radius 3 is 2.50 bits per heavy atom. The fraction of sp³-hybridized carbons (Fsp3) is 0.312. The molecule has 0 saturated carbocycles. The van der Waals surface area contributed by atoms with Crippen LogP contribution in [0.2, 0.25) is 0 Å². The highest BCUT2D eigenvalue weighted by Crippen LogP contribution is 2.22. The predicted octanol–water partition coefficient (Wildman–Crippen LogP) is 2.14. The van der Waals surface area contributed by atoms with Crippen LogP contribution in [0.1, 0.15) is 17.4 Å². The zero-order valence-corrected chi connectivity index (χ0v) is 12.1. The van der Waals surface area contributed by atoms with Crippen LogP contribution in [0.4, 0.5) is 0 Å². The molecule has 0 aliphatic heterocycles. The van der Waals surface area contributed by atoms with Crippen molar-refractivity contribution in [2.24, 2.45) is 7.05 Å². The van der Waals surface area contributed by atoms with Gasteiger partial charge in [0.1, 0.15) is 5.69 Å². The van der Waals surface area contributed by atoms with Crippen LogP contribution in [0, 0.1) is 0 Å². The van der Waals surface area contributed by atoms with Crippen molar-refractivity contribution in [2.75, 3.05) is 13.7 Å². The molecule has 1 unspecified atom stereocenters. The molecule has 1 heterocycles. The van der Waals surface area contributed by atoms with Gasteiger partial charge < -0.3 is 14.6 Å². The minimum Gasteiger partial charge on any atom is -0.394 e. The molecule has 4 nitrogen and oxygen atoms in total. The number of benzene rings is 1. The first-order chi connectivity index (χ1) is 9.56. The summed E-state index contributed by atoms with van der Waals surface area (Å²) in [5, 5.41) is 9.15. The largest absolute Gasteiger partial charge is 0.394 e. The van der Waals surface area contributed by atoms with E-state index in [0.29, 0.717) is 5.69 Å². The monoisotopic (exact) mass is 272 g/mol. The third-order valence-electron chi connectivity index (χ3n) is 3.66. The highest BCUT2D eigenvalue weighted by Gasteiger charge is 2.20. The Hall–Kier alpha value is -2.07. The number of rotatable bonds is 4. The van der Waals surface area contributed by atoms with Gasteiger partial charge in [0, 0.05) is 19.8 Å². The van der Waals surface area contributed by atoms with Crippen LogP contribution in [0.25, 0.3) is 11.3 Å². The molecule has 1 atom stereocenters. The van der Waals surface area contributed by atoms with Gasteiger partial charge in [0.25, 0.3) is 5.91 Å². The van der Waals surface area contributed by atoms with Crippen molar-refractivity contribution in [1.82, 2.24) is 9.47 Å². The lowest BCUT2D eigenvalue weighted by molar-refractivity contribution is 0.0673. The number of aliphatic hydroxyl groups is 1. The van der Waals surface area contributed by atoms with E-state index in [1.165, 1.54) is 0 Å². The average Bonchev–Trinajstić information content (AvgIpc) is 2.87. The molecule has 1 N–H and O–H groups in total. The van der Waals surface area contributed by atoms with Crippen LogP contribution < -0.4 is 0 Å². The second kappa shape index (κ2) is 5.92. The number of hydrogen-bond acceptors (Lipinski definition) is 2. The Kier molecular flexibility index (Phi) is 4.25. The number of carbonyl (C=O) groups is 1. The number of likely N-dealkylation sites (N-methyl/N-ethyl adjacent to an activating group) is 1. The Morgan fingerprint density at radius 2 is 1.90 bits per heavy atom. The molecule has 4 heteroatoms. The van der Waals surface area contributed by atoms with Gasteiger partial charge in [0.2, 0.25) is 0 Å². The molecule has 0 saturated heterocycles. The molecular formula is C16H20N2O2. The third-order valence-corrected chi connectivity index (χ3v) is 3.66. The molecule has 0 bridgehead atoms. The van der Waals surface area contributed by atoms with Gasteiger partial charge in [-0.05, 0) is 24.6 Å². The van der Waals surface area contributed by atoms with Gasteiger partial charge >= 0.3 is 0 Å². The summed E-state index contributed by atoms with van der Waals surface area (Å²) in [6.45, 7) is 1.77. The van der Waals surface area contributed by atoms with Gasteiger partial charge in [-0.3, -0.25) is 4.79 Å². The summed E-state index contributed by atoms with van der Waals surface area (Å²) in [5.74, 6) is -0.0868. The molecule has 0 spiro atoms. The van der Waals surface area contributed by atoms with Crippen molar-refractivity contribution in [3.05, 3.63) is 48.2 Å². The smallest absolute Gasteiger partial charge is 0.270 e. The molecule has 0 radical (unpaired) electrons. The third kappa shape index (κ3) is 2.60. The van der Waals surface area contributed by atoms with Crippen LogP contribution >= 0.6 is 0 Å². The highest BCUT2D eigenvalue weighted by molar-refractivity contribution is 5.94. The number of aromatic nitrogens is 1. The molecule has 1 aromatic heterocycles. The molecule has 0 fully saturated rings. The van der Waals surface area contributed by atoms with Gasteiger partial charge in [-0.25, -0.2) is 0 Å². The molecule has 0 aliphatic rings. The Morgan fingerprint density at radius 1 is 1.25 bits per heavy atom. The molecule has 20 heavy (non-hydrogen) atoms. The van der Waals surface area contributed by atoms with Crippen molar-refractivity contribution >= 4 is 5.91 Å². The second-order valence-corrected chi connectivity index (χ2v) is 4.98. The zero-order chi connectivity index (χ0) is 14.7. The Balaban J connectivity index is 2.32.